The van der Waals surface area contributed by atoms with Crippen molar-refractivity contribution in [1.82, 2.24) is 0 Å². The van der Waals surface area contributed by atoms with Gasteiger partial charge in [-0.25, -0.2) is 4.79 Å². The Hall–Kier alpha value is -2.03. The maximum Gasteiger partial charge on any atom is 0.344 e. The monoisotopic (exact) mass is 299 g/mol. The summed E-state index contributed by atoms with van der Waals surface area (Å²) >= 11 is 0. The van der Waals surface area contributed by atoms with Crippen molar-refractivity contribution in [3.8, 4) is 0 Å². The Labute approximate surface area is 121 Å². The molecular weight excluding hydrogens is 282 g/mol. The van der Waals surface area contributed by atoms with E-state index in [9.17, 15) is 14.9 Å². The fourth-order valence-electron chi connectivity index (χ4n) is 1.58. The molecule has 0 aliphatic heterocycles. The predicted molar refractivity (Wildman–Crippen MR) is 72.0 cm³/mol. The summed E-state index contributed by atoms with van der Waals surface area (Å²) in [7, 11) is 1.16. The second-order valence-electron chi connectivity index (χ2n) is 3.99. The lowest BCUT2D eigenvalue weighted by molar-refractivity contribution is -0.385. The summed E-state index contributed by atoms with van der Waals surface area (Å²) in [6.07, 6.45) is 0. The zero-order chi connectivity index (χ0) is 15.7. The van der Waals surface area contributed by atoms with E-state index in [-0.39, 0.29) is 31.1 Å². The maximum atomic E-state index is 11.4. The number of carbonyl (C=O) groups excluding carboxylic acids is 1. The molecule has 0 spiro atoms. The van der Waals surface area contributed by atoms with Gasteiger partial charge in [0.15, 0.2) is 0 Å². The van der Waals surface area contributed by atoms with Gasteiger partial charge in [-0.15, -0.1) is 0 Å². The average Bonchev–Trinajstić information content (AvgIpc) is 2.49. The van der Waals surface area contributed by atoms with E-state index in [2.05, 4.69) is 4.74 Å². The molecule has 8 heteroatoms. The summed E-state index contributed by atoms with van der Waals surface area (Å²) in [5.41, 5.74) is 0.147. The molecule has 0 saturated carbocycles. The topological polar surface area (TPSA) is 108 Å². The maximum absolute atomic E-state index is 11.4. The normalized spacial score (nSPS) is 10.4. The number of hydrogen-bond acceptors (Lipinski definition) is 7. The van der Waals surface area contributed by atoms with Crippen molar-refractivity contribution in [2.45, 2.75) is 6.61 Å². The number of aliphatic hydroxyl groups excluding tert-OH is 1. The lowest BCUT2D eigenvalue weighted by atomic mass is 10.1. The Morgan fingerprint density at radius 2 is 2.00 bits per heavy atom. The second-order valence-corrected chi connectivity index (χ2v) is 3.99. The van der Waals surface area contributed by atoms with Crippen molar-refractivity contribution in [1.29, 1.82) is 0 Å². The van der Waals surface area contributed by atoms with Gasteiger partial charge in [0.1, 0.15) is 5.56 Å². The fraction of sp³-hybridized carbons (Fsp3) is 0.462. The van der Waals surface area contributed by atoms with E-state index in [4.69, 9.17) is 14.6 Å². The number of ether oxygens (including phenoxy) is 3. The van der Waals surface area contributed by atoms with Gasteiger partial charge in [0, 0.05) is 6.07 Å². The largest absolute Gasteiger partial charge is 0.465 e. The van der Waals surface area contributed by atoms with Crippen LogP contribution in [0.25, 0.3) is 0 Å². The molecule has 0 bridgehead atoms. The molecule has 0 saturated heterocycles. The van der Waals surface area contributed by atoms with Crippen LogP contribution in [-0.2, 0) is 20.8 Å². The molecule has 0 amide bonds. The number of carbonyl (C=O) groups is 1. The molecule has 1 aromatic rings. The highest BCUT2D eigenvalue weighted by molar-refractivity contribution is 5.93. The summed E-state index contributed by atoms with van der Waals surface area (Å²) in [5, 5.41) is 19.5. The summed E-state index contributed by atoms with van der Waals surface area (Å²) < 4.78 is 14.8. The molecule has 1 rings (SSSR count). The Kier molecular flexibility index (Phi) is 7.30. The van der Waals surface area contributed by atoms with Gasteiger partial charge in [-0.1, -0.05) is 6.07 Å². The zero-order valence-corrected chi connectivity index (χ0v) is 11.6. The zero-order valence-electron chi connectivity index (χ0n) is 11.6. The van der Waals surface area contributed by atoms with Gasteiger partial charge in [-0.3, -0.25) is 10.1 Å². The molecule has 0 radical (unpaired) electrons. The lowest BCUT2D eigenvalue weighted by Gasteiger charge is -2.06. The minimum absolute atomic E-state index is 0.0544. The van der Waals surface area contributed by atoms with E-state index in [0.717, 1.165) is 7.11 Å². The van der Waals surface area contributed by atoms with Crippen molar-refractivity contribution in [2.75, 3.05) is 33.5 Å². The quantitative estimate of drug-likeness (QED) is 0.312. The van der Waals surface area contributed by atoms with Crippen molar-refractivity contribution in [2.24, 2.45) is 0 Å². The number of rotatable bonds is 9. The van der Waals surface area contributed by atoms with Crippen molar-refractivity contribution < 1.29 is 29.0 Å². The van der Waals surface area contributed by atoms with Crippen molar-refractivity contribution in [3.63, 3.8) is 0 Å². The molecule has 0 aliphatic carbocycles. The lowest BCUT2D eigenvalue weighted by Crippen LogP contribution is -2.08. The summed E-state index contributed by atoms with van der Waals surface area (Å²) in [4.78, 5) is 21.7. The fourth-order valence-corrected chi connectivity index (χ4v) is 1.58. The molecule has 21 heavy (non-hydrogen) atoms. The molecule has 8 nitrogen and oxygen atoms in total. The number of methoxy groups -OCH3 is 1. The van der Waals surface area contributed by atoms with Gasteiger partial charge in [-0.05, 0) is 11.6 Å². The van der Waals surface area contributed by atoms with E-state index in [0.29, 0.717) is 18.8 Å². The molecule has 1 aromatic carbocycles. The van der Waals surface area contributed by atoms with Crippen LogP contribution in [-0.4, -0.2) is 49.5 Å². The third-order valence-electron chi connectivity index (χ3n) is 2.54. The van der Waals surface area contributed by atoms with Gasteiger partial charge >= 0.3 is 5.97 Å². The third-order valence-corrected chi connectivity index (χ3v) is 2.54. The van der Waals surface area contributed by atoms with E-state index >= 15 is 0 Å². The molecule has 0 aliphatic rings. The van der Waals surface area contributed by atoms with Crippen LogP contribution >= 0.6 is 0 Å². The van der Waals surface area contributed by atoms with E-state index in [1.54, 1.807) is 6.07 Å². The molecule has 0 fully saturated rings. The Balaban J connectivity index is 2.62. The van der Waals surface area contributed by atoms with Crippen LogP contribution in [0.15, 0.2) is 18.2 Å². The first-order chi connectivity index (χ1) is 10.1. The number of hydrogen-bond donors (Lipinski definition) is 1. The molecule has 1 N–H and O–H groups in total. The Bertz CT molecular complexity index is 489. The molecule has 0 aromatic heterocycles. The van der Waals surface area contributed by atoms with Crippen LogP contribution < -0.4 is 0 Å². The molecule has 0 heterocycles. The Morgan fingerprint density at radius 1 is 1.29 bits per heavy atom. The first kappa shape index (κ1) is 17.0. The van der Waals surface area contributed by atoms with Crippen LogP contribution in [0.4, 0.5) is 5.69 Å². The first-order valence-electron chi connectivity index (χ1n) is 6.22. The first-order valence-corrected chi connectivity index (χ1v) is 6.22. The summed E-state index contributed by atoms with van der Waals surface area (Å²) in [6, 6.07) is 4.18. The van der Waals surface area contributed by atoms with Crippen molar-refractivity contribution >= 4 is 11.7 Å². The predicted octanol–water partition coefficient (Wildman–Crippen LogP) is 0.907. The van der Waals surface area contributed by atoms with E-state index < -0.39 is 10.9 Å². The average molecular weight is 299 g/mol. The standard InChI is InChI=1S/C13H17NO7/c1-19-13(16)11-3-2-10(8-12(11)14(17)18)9-21-7-6-20-5-4-15/h2-3,8,15H,4-7,9H2,1H3. The number of esters is 1. The minimum Gasteiger partial charge on any atom is -0.465 e. The third kappa shape index (κ3) is 5.46. The molecule has 116 valence electrons. The minimum atomic E-state index is -0.758. The van der Waals surface area contributed by atoms with Gasteiger partial charge < -0.3 is 19.3 Å². The number of nitrogens with zero attached hydrogens (tertiary/aromatic N) is 1. The van der Waals surface area contributed by atoms with Gasteiger partial charge in [0.25, 0.3) is 5.69 Å². The highest BCUT2D eigenvalue weighted by Gasteiger charge is 2.21. The SMILES string of the molecule is COC(=O)c1ccc(COCCOCCO)cc1[N+](=O)[O-]. The van der Waals surface area contributed by atoms with Crippen LogP contribution in [0.5, 0.6) is 0 Å². The van der Waals surface area contributed by atoms with E-state index in [1.165, 1.54) is 12.1 Å². The highest BCUT2D eigenvalue weighted by atomic mass is 16.6. The highest BCUT2D eigenvalue weighted by Crippen LogP contribution is 2.21. The van der Waals surface area contributed by atoms with Crippen LogP contribution in [0, 0.1) is 10.1 Å². The van der Waals surface area contributed by atoms with Crippen molar-refractivity contribution in [3.05, 3.63) is 39.4 Å². The van der Waals surface area contributed by atoms with Gasteiger partial charge in [0.05, 0.1) is 45.1 Å². The number of benzene rings is 1. The van der Waals surface area contributed by atoms with Crippen LogP contribution in [0.2, 0.25) is 0 Å². The smallest absolute Gasteiger partial charge is 0.344 e. The summed E-state index contributed by atoms with van der Waals surface area (Å²) in [6.45, 7) is 0.962. The number of nitro groups is 1. The molecule has 0 unspecified atom stereocenters. The number of aliphatic hydroxyl groups is 1. The van der Waals surface area contributed by atoms with Gasteiger partial charge in [0.2, 0.25) is 0 Å². The Morgan fingerprint density at radius 3 is 2.62 bits per heavy atom. The second kappa shape index (κ2) is 9.01. The molecule has 0 atom stereocenters. The van der Waals surface area contributed by atoms with E-state index in [1.807, 2.05) is 0 Å². The molecular formula is C13H17NO7. The summed E-state index contributed by atoms with van der Waals surface area (Å²) in [5.74, 6) is -0.758. The van der Waals surface area contributed by atoms with Crippen LogP contribution in [0.1, 0.15) is 15.9 Å². The van der Waals surface area contributed by atoms with Crippen LogP contribution in [0.3, 0.4) is 0 Å². The van der Waals surface area contributed by atoms with Gasteiger partial charge in [-0.2, -0.15) is 0 Å². The number of nitro benzene ring substituents is 1.